The van der Waals surface area contributed by atoms with Crippen molar-refractivity contribution in [2.45, 2.75) is 38.5 Å². The van der Waals surface area contributed by atoms with E-state index in [0.29, 0.717) is 0 Å². The molecule has 0 saturated heterocycles. The minimum Gasteiger partial charge on any atom is -0.355 e. The molecule has 5 heteroatoms. The lowest BCUT2D eigenvalue weighted by molar-refractivity contribution is 0.632. The second-order valence-corrected chi connectivity index (χ2v) is 16.2. The Kier molecular flexibility index (Phi) is 10.6. The molecule has 6 aromatic carbocycles. The molecule has 280 valence electrons. The van der Waals surface area contributed by atoms with Gasteiger partial charge in [-0.25, -0.2) is 0 Å². The first kappa shape index (κ1) is 37.6. The number of aromatic nitrogens is 2. The second kappa shape index (κ2) is 16.0. The van der Waals surface area contributed by atoms with Gasteiger partial charge in [0, 0.05) is 44.0 Å². The van der Waals surface area contributed by atoms with Crippen molar-refractivity contribution in [3.8, 4) is 22.5 Å². The zero-order valence-corrected chi connectivity index (χ0v) is 34.3. The summed E-state index contributed by atoms with van der Waals surface area (Å²) in [6.07, 6.45) is 3.79. The Morgan fingerprint density at radius 3 is 1.28 bits per heavy atom. The second-order valence-electron chi connectivity index (χ2n) is 15.3. The van der Waals surface area contributed by atoms with Crippen LogP contribution in [0, 0.1) is 0 Å². The topological polar surface area (TPSA) is 41.1 Å². The van der Waals surface area contributed by atoms with Gasteiger partial charge < -0.3 is 10.2 Å². The van der Waals surface area contributed by atoms with E-state index in [1.807, 2.05) is 60.9 Å². The van der Waals surface area contributed by atoms with Crippen molar-refractivity contribution in [1.29, 1.82) is 0 Å². The molecule has 0 fully saturated rings. The molecule has 57 heavy (non-hydrogen) atoms. The van der Waals surface area contributed by atoms with Crippen LogP contribution in [0.25, 0.3) is 22.5 Å². The highest BCUT2D eigenvalue weighted by Crippen LogP contribution is 2.51. The molecule has 0 saturated carbocycles. The van der Waals surface area contributed by atoms with Crippen molar-refractivity contribution in [1.82, 2.24) is 9.97 Å². The van der Waals surface area contributed by atoms with Gasteiger partial charge in [0.2, 0.25) is 0 Å². The molecule has 0 spiro atoms. The van der Waals surface area contributed by atoms with Gasteiger partial charge in [-0.3, -0.25) is 9.97 Å². The third-order valence-electron chi connectivity index (χ3n) is 11.0. The molecular weight excluding hydrogens is 761 g/mol. The van der Waals surface area contributed by atoms with E-state index in [4.69, 9.17) is 4.98 Å². The van der Waals surface area contributed by atoms with Gasteiger partial charge >= 0.3 is 0 Å². The van der Waals surface area contributed by atoms with Crippen molar-refractivity contribution >= 4 is 44.4 Å². The Bertz CT molecular complexity index is 2500. The van der Waals surface area contributed by atoms with E-state index in [2.05, 4.69) is 192 Å². The normalized spacial score (nSPS) is 13.7. The maximum absolute atomic E-state index is 4.76. The van der Waals surface area contributed by atoms with Crippen LogP contribution >= 0.6 is 15.9 Å². The molecule has 1 N–H and O–H groups in total. The van der Waals surface area contributed by atoms with Crippen molar-refractivity contribution in [3.05, 3.63) is 221 Å². The average Bonchev–Trinajstić information content (AvgIpc) is 3.26. The minimum atomic E-state index is -0.0406. The molecule has 2 aromatic heterocycles. The van der Waals surface area contributed by atoms with Crippen LogP contribution in [0.1, 0.15) is 49.9 Å². The molecule has 0 amide bonds. The van der Waals surface area contributed by atoms with Crippen molar-refractivity contribution in [2.24, 2.45) is 0 Å². The summed E-state index contributed by atoms with van der Waals surface area (Å²) in [7, 11) is 0. The summed E-state index contributed by atoms with van der Waals surface area (Å²) in [5.41, 5.74) is 15.7. The highest BCUT2D eigenvalue weighted by molar-refractivity contribution is 9.10. The number of halogens is 1. The number of hydrogen-bond donors (Lipinski definition) is 1. The molecule has 4 heterocycles. The quantitative estimate of drug-likeness (QED) is 0.193. The van der Waals surface area contributed by atoms with E-state index >= 15 is 0 Å². The maximum Gasteiger partial charge on any atom is 0.0703 e. The van der Waals surface area contributed by atoms with Gasteiger partial charge in [-0.2, -0.15) is 0 Å². The molecule has 2 aliphatic heterocycles. The molecule has 0 radical (unpaired) electrons. The van der Waals surface area contributed by atoms with Crippen LogP contribution in [-0.2, 0) is 10.8 Å². The number of benzene rings is 6. The van der Waals surface area contributed by atoms with Crippen molar-refractivity contribution in [2.75, 3.05) is 10.2 Å². The smallest absolute Gasteiger partial charge is 0.0703 e. The number of para-hydroxylation sites is 4. The van der Waals surface area contributed by atoms with E-state index in [9.17, 15) is 0 Å². The largest absolute Gasteiger partial charge is 0.355 e. The van der Waals surface area contributed by atoms with Gasteiger partial charge in [0.15, 0.2) is 0 Å². The van der Waals surface area contributed by atoms with Gasteiger partial charge in [-0.05, 0) is 86.7 Å². The highest BCUT2D eigenvalue weighted by atomic mass is 79.9. The van der Waals surface area contributed by atoms with Gasteiger partial charge in [0.1, 0.15) is 0 Å². The third-order valence-corrected chi connectivity index (χ3v) is 11.4. The average molecular weight is 806 g/mol. The Morgan fingerprint density at radius 2 is 0.825 bits per heavy atom. The Hall–Kier alpha value is -6.30. The number of rotatable bonds is 3. The third kappa shape index (κ3) is 7.64. The number of hydrogen-bond acceptors (Lipinski definition) is 4. The molecule has 0 atom stereocenters. The van der Waals surface area contributed by atoms with E-state index in [1.165, 1.54) is 45.0 Å². The fourth-order valence-electron chi connectivity index (χ4n) is 7.97. The number of pyridine rings is 2. The summed E-state index contributed by atoms with van der Waals surface area (Å²) in [6.45, 7) is 9.18. The molecule has 0 bridgehead atoms. The number of nitrogens with zero attached hydrogens (tertiary/aromatic N) is 3. The number of anilines is 5. The lowest BCUT2D eigenvalue weighted by Gasteiger charge is -2.41. The maximum atomic E-state index is 4.76. The summed E-state index contributed by atoms with van der Waals surface area (Å²) in [6, 6.07) is 63.2. The van der Waals surface area contributed by atoms with Gasteiger partial charge in [0.25, 0.3) is 0 Å². The van der Waals surface area contributed by atoms with Gasteiger partial charge in [-0.15, -0.1) is 0 Å². The lowest BCUT2D eigenvalue weighted by atomic mass is 9.73. The summed E-state index contributed by atoms with van der Waals surface area (Å²) in [5.74, 6) is 0. The molecule has 0 unspecified atom stereocenters. The SMILES string of the molecule is Brc1ccc(-c2ccccc2)nc1.CC1(C)c2ccccc2N(c2ccc(-c3ccccc3)nc2)c2ccccc21.CC1(C)c2ccccc2Nc2ccccc21. The van der Waals surface area contributed by atoms with Crippen LogP contribution in [-0.4, -0.2) is 9.97 Å². The van der Waals surface area contributed by atoms with Crippen LogP contribution in [0.4, 0.5) is 28.4 Å². The Labute approximate surface area is 345 Å². The monoisotopic (exact) mass is 804 g/mol. The van der Waals surface area contributed by atoms with Crippen LogP contribution in [0.15, 0.2) is 199 Å². The molecule has 0 aliphatic carbocycles. The first-order chi connectivity index (χ1) is 27.7. The predicted molar refractivity (Wildman–Crippen MR) is 242 cm³/mol. The van der Waals surface area contributed by atoms with Gasteiger partial charge in [0.05, 0.1) is 34.6 Å². The standard InChI is InChI=1S/C26H22N2.C15H15N.C11H8BrN/c1-26(2)21-12-6-8-14-24(21)28(25-15-9-7-13-22(25)26)20-16-17-23(27-18-20)19-10-4-3-5-11-19;1-15(2)11-7-3-5-9-13(11)16-14-10-6-4-8-12(14)15;12-10-6-7-11(13-8-10)9-4-2-1-3-5-9/h3-18H,1-2H3;3-10,16H,1-2H3;1-8H. The highest BCUT2D eigenvalue weighted by Gasteiger charge is 2.36. The predicted octanol–water partition coefficient (Wildman–Crippen LogP) is 14.4. The van der Waals surface area contributed by atoms with E-state index in [-0.39, 0.29) is 10.8 Å². The molecular formula is C52H45BrN4. The first-order valence-electron chi connectivity index (χ1n) is 19.4. The Morgan fingerprint density at radius 1 is 0.421 bits per heavy atom. The van der Waals surface area contributed by atoms with Crippen molar-refractivity contribution < 1.29 is 0 Å². The zero-order valence-electron chi connectivity index (χ0n) is 32.7. The number of fused-ring (bicyclic) bond motifs is 4. The zero-order chi connectivity index (χ0) is 39.4. The van der Waals surface area contributed by atoms with Crippen LogP contribution < -0.4 is 10.2 Å². The van der Waals surface area contributed by atoms with E-state index < -0.39 is 0 Å². The lowest BCUT2D eigenvalue weighted by Crippen LogP contribution is -2.30. The first-order valence-corrected chi connectivity index (χ1v) is 20.1. The summed E-state index contributed by atoms with van der Waals surface area (Å²) < 4.78 is 1.01. The van der Waals surface area contributed by atoms with E-state index in [0.717, 1.165) is 32.7 Å². The molecule has 4 nitrogen and oxygen atoms in total. The number of nitrogens with one attached hydrogen (secondary N) is 1. The van der Waals surface area contributed by atoms with Crippen molar-refractivity contribution in [3.63, 3.8) is 0 Å². The summed E-state index contributed by atoms with van der Waals surface area (Å²) in [5, 5.41) is 3.50. The Balaban J connectivity index is 0.000000132. The van der Waals surface area contributed by atoms with Gasteiger partial charge in [-0.1, -0.05) is 161 Å². The fraction of sp³-hybridized carbons (Fsp3) is 0.115. The molecule has 8 aromatic rings. The summed E-state index contributed by atoms with van der Waals surface area (Å²) in [4.78, 5) is 11.4. The molecule has 10 rings (SSSR count). The van der Waals surface area contributed by atoms with Crippen LogP contribution in [0.5, 0.6) is 0 Å². The van der Waals surface area contributed by atoms with Crippen LogP contribution in [0.2, 0.25) is 0 Å². The minimum absolute atomic E-state index is 0.0406. The molecule has 2 aliphatic rings. The van der Waals surface area contributed by atoms with E-state index in [1.54, 1.807) is 0 Å². The fourth-order valence-corrected chi connectivity index (χ4v) is 8.20. The summed E-state index contributed by atoms with van der Waals surface area (Å²) >= 11 is 3.36. The van der Waals surface area contributed by atoms with Crippen LogP contribution in [0.3, 0.4) is 0 Å².